The molecule has 0 bridgehead atoms. The molecule has 5 atom stereocenters. The second-order valence-corrected chi connectivity index (χ2v) is 14.7. The van der Waals surface area contributed by atoms with Crippen LogP contribution in [0.25, 0.3) is 22.5 Å². The van der Waals surface area contributed by atoms with Gasteiger partial charge in [-0.2, -0.15) is 9.97 Å². The Kier molecular flexibility index (Phi) is 10.9. The largest absolute Gasteiger partial charge is 0.459 e. The lowest BCUT2D eigenvalue weighted by Gasteiger charge is -2.22. The number of nitrogens with one attached hydrogen (secondary N) is 4. The van der Waals surface area contributed by atoms with E-state index >= 15 is 0 Å². The average molecular weight is 770 g/mol. The summed E-state index contributed by atoms with van der Waals surface area (Å²) in [5.74, 6) is 2.04. The molecule has 0 spiro atoms. The number of aryl methyl sites for hydroxylation is 1. The van der Waals surface area contributed by atoms with Gasteiger partial charge in [-0.1, -0.05) is 97.9 Å². The van der Waals surface area contributed by atoms with Gasteiger partial charge in [0.25, 0.3) is 0 Å². The fourth-order valence-corrected chi connectivity index (χ4v) is 7.90. The van der Waals surface area contributed by atoms with Crippen LogP contribution in [0.5, 0.6) is 0 Å². The van der Waals surface area contributed by atoms with E-state index in [1.165, 1.54) is 0 Å². The molecule has 1 saturated carbocycles. The maximum absolute atomic E-state index is 13.2. The van der Waals surface area contributed by atoms with Crippen LogP contribution in [0, 0.1) is 6.92 Å². The highest BCUT2D eigenvalue weighted by atomic mass is 16.3. The Morgan fingerprint density at radius 2 is 1.60 bits per heavy atom. The Labute approximate surface area is 330 Å². The normalized spacial score (nSPS) is 20.6. The van der Waals surface area contributed by atoms with Gasteiger partial charge in [-0.3, -0.25) is 4.79 Å². The molecule has 294 valence electrons. The number of carbonyl (C=O) groups excluding carboxylic acids is 2. The van der Waals surface area contributed by atoms with E-state index in [-0.39, 0.29) is 30.3 Å². The highest BCUT2D eigenvalue weighted by Gasteiger charge is 2.44. The summed E-state index contributed by atoms with van der Waals surface area (Å²) in [5.41, 5.74) is 4.80. The SMILES string of the molecule is CCC(=O)N[C@H]1C[C@@H](n2cnc3c(NCC(c4ccccc4)c4ccccc4)nc(N4CCC(NC(=O)Nc5cc(-c6ccccc6)oc5C)C4)nc32)[C@H](O)[C@@H]1O. The second-order valence-electron chi connectivity index (χ2n) is 14.7. The number of nitrogens with zero attached hydrogens (tertiary/aromatic N) is 5. The van der Waals surface area contributed by atoms with E-state index in [0.29, 0.717) is 72.6 Å². The van der Waals surface area contributed by atoms with Crippen LogP contribution in [0.1, 0.15) is 55.0 Å². The first-order chi connectivity index (χ1) is 27.7. The average Bonchev–Trinajstić information content (AvgIpc) is 4.03. The molecule has 14 nitrogen and oxygen atoms in total. The third-order valence-electron chi connectivity index (χ3n) is 11.0. The van der Waals surface area contributed by atoms with Crippen LogP contribution < -0.4 is 26.2 Å². The zero-order chi connectivity index (χ0) is 39.5. The topological polar surface area (TPSA) is 183 Å². The van der Waals surface area contributed by atoms with Crippen LogP contribution in [0.3, 0.4) is 0 Å². The fraction of sp³-hybridized carbons (Fsp3) is 0.326. The van der Waals surface area contributed by atoms with E-state index in [2.05, 4.69) is 45.5 Å². The van der Waals surface area contributed by atoms with E-state index in [1.54, 1.807) is 17.8 Å². The number of aromatic nitrogens is 4. The number of fused-ring (bicyclic) bond motifs is 1. The quantitative estimate of drug-likeness (QED) is 0.0917. The molecule has 1 unspecified atom stereocenters. The Bertz CT molecular complexity index is 2280. The van der Waals surface area contributed by atoms with Gasteiger partial charge in [0.05, 0.1) is 24.1 Å². The maximum atomic E-state index is 13.2. The first-order valence-corrected chi connectivity index (χ1v) is 19.5. The van der Waals surface area contributed by atoms with Gasteiger partial charge in [0.15, 0.2) is 17.0 Å². The molecule has 6 N–H and O–H groups in total. The number of hydrogen-bond acceptors (Lipinski definition) is 10. The number of rotatable bonds is 12. The number of hydrogen-bond donors (Lipinski definition) is 6. The molecule has 57 heavy (non-hydrogen) atoms. The van der Waals surface area contributed by atoms with Gasteiger partial charge in [0.2, 0.25) is 11.9 Å². The molecule has 3 aromatic heterocycles. The maximum Gasteiger partial charge on any atom is 0.319 e. The lowest BCUT2D eigenvalue weighted by atomic mass is 9.91. The molecule has 8 rings (SSSR count). The summed E-state index contributed by atoms with van der Waals surface area (Å²) in [7, 11) is 0. The molecule has 1 saturated heterocycles. The minimum Gasteiger partial charge on any atom is -0.459 e. The van der Waals surface area contributed by atoms with Gasteiger partial charge >= 0.3 is 6.03 Å². The lowest BCUT2D eigenvalue weighted by Crippen LogP contribution is -2.42. The highest BCUT2D eigenvalue weighted by molar-refractivity contribution is 5.91. The van der Waals surface area contributed by atoms with Crippen molar-refractivity contribution in [3.8, 4) is 11.3 Å². The van der Waals surface area contributed by atoms with Crippen LogP contribution in [-0.4, -0.2) is 85.6 Å². The molecule has 6 aromatic rings. The number of carbonyl (C=O) groups is 2. The van der Waals surface area contributed by atoms with E-state index in [9.17, 15) is 19.8 Å². The predicted molar refractivity (Wildman–Crippen MR) is 218 cm³/mol. The van der Waals surface area contributed by atoms with Crippen molar-refractivity contribution >= 4 is 40.6 Å². The van der Waals surface area contributed by atoms with Crippen molar-refractivity contribution in [1.82, 2.24) is 30.2 Å². The first kappa shape index (κ1) is 37.7. The summed E-state index contributed by atoms with van der Waals surface area (Å²) >= 11 is 0. The summed E-state index contributed by atoms with van der Waals surface area (Å²) in [6, 6.07) is 30.3. The zero-order valence-corrected chi connectivity index (χ0v) is 31.9. The van der Waals surface area contributed by atoms with Gasteiger partial charge in [-0.25, -0.2) is 9.78 Å². The van der Waals surface area contributed by atoms with E-state index in [4.69, 9.17) is 19.4 Å². The molecular weight excluding hydrogens is 723 g/mol. The Morgan fingerprint density at radius 3 is 2.28 bits per heavy atom. The minimum atomic E-state index is -1.17. The third-order valence-corrected chi connectivity index (χ3v) is 11.0. The van der Waals surface area contributed by atoms with Crippen molar-refractivity contribution in [2.45, 2.75) is 69.4 Å². The molecule has 2 fully saturated rings. The summed E-state index contributed by atoms with van der Waals surface area (Å²) < 4.78 is 7.71. The lowest BCUT2D eigenvalue weighted by molar-refractivity contribution is -0.122. The van der Waals surface area contributed by atoms with Gasteiger partial charge in [-0.15, -0.1) is 0 Å². The van der Waals surface area contributed by atoms with E-state index in [0.717, 1.165) is 16.7 Å². The number of furan rings is 1. The molecule has 1 aliphatic carbocycles. The Balaban J connectivity index is 1.05. The number of anilines is 3. The van der Waals surface area contributed by atoms with Crippen molar-refractivity contribution < 1.29 is 24.2 Å². The number of amides is 3. The second kappa shape index (κ2) is 16.5. The van der Waals surface area contributed by atoms with Crippen molar-refractivity contribution in [2.75, 3.05) is 35.2 Å². The van der Waals surface area contributed by atoms with Gasteiger partial charge < -0.3 is 45.4 Å². The molecule has 2 aliphatic rings. The van der Waals surface area contributed by atoms with Gasteiger partial charge in [-0.05, 0) is 30.9 Å². The van der Waals surface area contributed by atoms with E-state index in [1.807, 2.05) is 84.6 Å². The molecule has 3 amide bonds. The predicted octanol–water partition coefficient (Wildman–Crippen LogP) is 5.60. The van der Waals surface area contributed by atoms with Crippen LogP contribution in [0.2, 0.25) is 0 Å². The van der Waals surface area contributed by atoms with Gasteiger partial charge in [0.1, 0.15) is 23.7 Å². The first-order valence-electron chi connectivity index (χ1n) is 19.5. The van der Waals surface area contributed by atoms with Crippen molar-refractivity contribution in [2.24, 2.45) is 0 Å². The van der Waals surface area contributed by atoms with Crippen molar-refractivity contribution in [3.05, 3.63) is 120 Å². The Hall–Kier alpha value is -6.25. The van der Waals surface area contributed by atoms with E-state index < -0.39 is 24.3 Å². The molecule has 4 heterocycles. The number of aliphatic hydroxyl groups excluding tert-OH is 2. The molecule has 0 radical (unpaired) electrons. The molecule has 1 aliphatic heterocycles. The molecular formula is C43H47N9O5. The summed E-state index contributed by atoms with van der Waals surface area (Å²) in [6.07, 6.45) is 0.507. The monoisotopic (exact) mass is 769 g/mol. The Morgan fingerprint density at radius 1 is 0.912 bits per heavy atom. The number of imidazole rings is 1. The zero-order valence-electron chi connectivity index (χ0n) is 31.9. The van der Waals surface area contributed by atoms with Crippen LogP contribution in [0.15, 0.2) is 108 Å². The highest BCUT2D eigenvalue weighted by Crippen LogP contribution is 2.36. The number of aliphatic hydroxyl groups is 2. The third kappa shape index (κ3) is 8.04. The fourth-order valence-electron chi connectivity index (χ4n) is 7.90. The molecule has 3 aromatic carbocycles. The number of urea groups is 1. The summed E-state index contributed by atoms with van der Waals surface area (Å²) in [5, 5.41) is 34.7. The smallest absolute Gasteiger partial charge is 0.319 e. The van der Waals surface area contributed by atoms with Crippen LogP contribution in [0.4, 0.5) is 22.2 Å². The van der Waals surface area contributed by atoms with Gasteiger partial charge in [0, 0.05) is 49.6 Å². The van der Waals surface area contributed by atoms with Crippen LogP contribution >= 0.6 is 0 Å². The van der Waals surface area contributed by atoms with Crippen molar-refractivity contribution in [1.29, 1.82) is 0 Å². The molecule has 14 heteroatoms. The van der Waals surface area contributed by atoms with Crippen LogP contribution in [-0.2, 0) is 4.79 Å². The number of benzene rings is 3. The summed E-state index contributed by atoms with van der Waals surface area (Å²) in [6.45, 7) is 5.11. The standard InChI is InChI=1S/C43H47N9O5/c1-3-36(53)47-33-21-34(39(55)38(33)54)52-25-45-37-40(44-23-31(27-13-7-4-8-14-27)28-15-9-5-10-16-28)49-42(50-41(37)52)51-20-19-30(24-51)46-43(56)48-32-22-35(57-26(32)2)29-17-11-6-12-18-29/h4-18,22,25,30-31,33-34,38-39,54-55H,3,19-21,23-24H2,1-2H3,(H,47,53)(H,44,49,50)(H2,46,48,56)/t30?,33-,34+,38+,39-/m0/s1. The van der Waals surface area contributed by atoms with Crippen molar-refractivity contribution in [3.63, 3.8) is 0 Å². The minimum absolute atomic E-state index is 0.000738. The summed E-state index contributed by atoms with van der Waals surface area (Å²) in [4.78, 5) is 42.3.